The van der Waals surface area contributed by atoms with Gasteiger partial charge < -0.3 is 20.9 Å². The summed E-state index contributed by atoms with van der Waals surface area (Å²) in [5.41, 5.74) is 7.43. The number of rotatable bonds is 2. The van der Waals surface area contributed by atoms with Gasteiger partial charge in [0.1, 0.15) is 0 Å². The van der Waals surface area contributed by atoms with Gasteiger partial charge in [-0.1, -0.05) is 0 Å². The zero-order valence-electron chi connectivity index (χ0n) is 11.0. The van der Waals surface area contributed by atoms with E-state index < -0.39 is 0 Å². The molecule has 3 N–H and O–H groups in total. The number of nitrogens with one attached hydrogen (secondary N) is 1. The van der Waals surface area contributed by atoms with Gasteiger partial charge in [-0.15, -0.1) is 0 Å². The minimum Gasteiger partial charge on any atom is -0.337 e. The number of nitrogens with zero attached hydrogens (tertiary/aromatic N) is 4. The lowest BCUT2D eigenvalue weighted by molar-refractivity contribution is 0.197. The maximum absolute atomic E-state index is 11.6. The van der Waals surface area contributed by atoms with Crippen molar-refractivity contribution in [2.45, 2.75) is 19.5 Å². The molecule has 0 aromatic carbocycles. The molecule has 1 aromatic heterocycles. The standard InChI is InChI=1S/C12H18N6O/c1-8-4-9(5-13)16-11(15-8)17-2-3-18-10(7-17)6-14-12(18)19/h4,10H,2-3,5-7,13H2,1H3,(H,14,19). The van der Waals surface area contributed by atoms with Crippen LogP contribution in [0.3, 0.4) is 0 Å². The maximum atomic E-state index is 11.6. The number of hydrogen-bond acceptors (Lipinski definition) is 5. The summed E-state index contributed by atoms with van der Waals surface area (Å²) in [6, 6.07) is 2.16. The van der Waals surface area contributed by atoms with E-state index in [-0.39, 0.29) is 12.1 Å². The Labute approximate surface area is 111 Å². The fourth-order valence-electron chi connectivity index (χ4n) is 2.65. The Balaban J connectivity index is 1.80. The van der Waals surface area contributed by atoms with Crippen LogP contribution in [-0.4, -0.2) is 53.1 Å². The molecule has 1 unspecified atom stereocenters. The molecule has 3 heterocycles. The number of carbonyl (C=O) groups is 1. The number of carbonyl (C=O) groups excluding carboxylic acids is 1. The van der Waals surface area contributed by atoms with Crippen molar-refractivity contribution >= 4 is 12.0 Å². The summed E-state index contributed by atoms with van der Waals surface area (Å²) < 4.78 is 0. The van der Waals surface area contributed by atoms with Crippen molar-refractivity contribution in [1.29, 1.82) is 0 Å². The first-order valence-electron chi connectivity index (χ1n) is 6.51. The lowest BCUT2D eigenvalue weighted by Gasteiger charge is -2.36. The molecule has 0 radical (unpaired) electrons. The number of urea groups is 1. The first kappa shape index (κ1) is 12.2. The second-order valence-electron chi connectivity index (χ2n) is 4.98. The Morgan fingerprint density at radius 3 is 3.11 bits per heavy atom. The van der Waals surface area contributed by atoms with Crippen LogP contribution in [0.5, 0.6) is 0 Å². The van der Waals surface area contributed by atoms with E-state index in [0.29, 0.717) is 19.6 Å². The average molecular weight is 262 g/mol. The molecule has 0 spiro atoms. The Morgan fingerprint density at radius 2 is 2.32 bits per heavy atom. The van der Waals surface area contributed by atoms with E-state index in [1.807, 2.05) is 17.9 Å². The molecule has 0 saturated carbocycles. The second kappa shape index (κ2) is 4.65. The number of hydrogen-bond donors (Lipinski definition) is 2. The maximum Gasteiger partial charge on any atom is 0.317 e. The minimum absolute atomic E-state index is 0.0393. The van der Waals surface area contributed by atoms with Crippen LogP contribution in [0, 0.1) is 6.92 Å². The van der Waals surface area contributed by atoms with Crippen molar-refractivity contribution in [2.24, 2.45) is 5.73 Å². The van der Waals surface area contributed by atoms with Crippen molar-refractivity contribution in [3.8, 4) is 0 Å². The highest BCUT2D eigenvalue weighted by Crippen LogP contribution is 2.18. The molecular formula is C12H18N6O. The summed E-state index contributed by atoms with van der Waals surface area (Å²) in [7, 11) is 0. The fourth-order valence-corrected chi connectivity index (χ4v) is 2.65. The molecule has 19 heavy (non-hydrogen) atoms. The van der Waals surface area contributed by atoms with Gasteiger partial charge in [-0.05, 0) is 13.0 Å². The quantitative estimate of drug-likeness (QED) is 0.747. The average Bonchev–Trinajstić information content (AvgIpc) is 2.79. The van der Waals surface area contributed by atoms with Gasteiger partial charge in [0.05, 0.1) is 11.7 Å². The number of anilines is 1. The van der Waals surface area contributed by atoms with E-state index in [2.05, 4.69) is 20.2 Å². The lowest BCUT2D eigenvalue weighted by atomic mass is 10.2. The number of aromatic nitrogens is 2. The third kappa shape index (κ3) is 2.21. The highest BCUT2D eigenvalue weighted by atomic mass is 16.2. The Bertz CT molecular complexity index is 505. The third-order valence-electron chi connectivity index (χ3n) is 3.62. The molecule has 2 aliphatic heterocycles. The number of amides is 2. The van der Waals surface area contributed by atoms with E-state index >= 15 is 0 Å². The van der Waals surface area contributed by atoms with Crippen molar-refractivity contribution < 1.29 is 4.79 Å². The third-order valence-corrected chi connectivity index (χ3v) is 3.62. The van der Waals surface area contributed by atoms with Gasteiger partial charge in [-0.3, -0.25) is 0 Å². The Kier molecular flexibility index (Phi) is 2.98. The molecule has 0 bridgehead atoms. The molecule has 2 amide bonds. The SMILES string of the molecule is Cc1cc(CN)nc(N2CCN3C(=O)NCC3C2)n1. The summed E-state index contributed by atoms with van der Waals surface area (Å²) >= 11 is 0. The Morgan fingerprint density at radius 1 is 1.47 bits per heavy atom. The van der Waals surface area contributed by atoms with E-state index in [0.717, 1.165) is 30.4 Å². The molecule has 1 aromatic rings. The van der Waals surface area contributed by atoms with Gasteiger partial charge in [-0.2, -0.15) is 0 Å². The second-order valence-corrected chi connectivity index (χ2v) is 4.98. The normalized spacial score (nSPS) is 22.4. The predicted molar refractivity (Wildman–Crippen MR) is 70.8 cm³/mol. The van der Waals surface area contributed by atoms with Crippen LogP contribution >= 0.6 is 0 Å². The molecular weight excluding hydrogens is 244 g/mol. The largest absolute Gasteiger partial charge is 0.337 e. The van der Waals surface area contributed by atoms with Gasteiger partial charge in [0.2, 0.25) is 5.95 Å². The van der Waals surface area contributed by atoms with E-state index in [4.69, 9.17) is 5.73 Å². The zero-order valence-corrected chi connectivity index (χ0v) is 11.0. The Hall–Kier alpha value is -1.89. The van der Waals surface area contributed by atoms with Gasteiger partial charge in [-0.25, -0.2) is 14.8 Å². The van der Waals surface area contributed by atoms with Crippen LogP contribution in [0.4, 0.5) is 10.7 Å². The zero-order chi connectivity index (χ0) is 13.4. The van der Waals surface area contributed by atoms with Gasteiger partial charge >= 0.3 is 6.03 Å². The van der Waals surface area contributed by atoms with Crippen molar-refractivity contribution in [1.82, 2.24) is 20.2 Å². The summed E-state index contributed by atoms with van der Waals surface area (Å²) in [4.78, 5) is 24.5. The molecule has 3 rings (SSSR count). The molecule has 2 saturated heterocycles. The number of nitrogens with two attached hydrogens (primary N) is 1. The van der Waals surface area contributed by atoms with Crippen LogP contribution in [0.1, 0.15) is 11.4 Å². The van der Waals surface area contributed by atoms with Gasteiger partial charge in [0, 0.05) is 38.4 Å². The molecule has 102 valence electrons. The highest BCUT2D eigenvalue weighted by molar-refractivity contribution is 5.77. The number of aryl methyl sites for hydroxylation is 1. The first-order chi connectivity index (χ1) is 9.17. The fraction of sp³-hybridized carbons (Fsp3) is 0.583. The van der Waals surface area contributed by atoms with Gasteiger partial charge in [0.25, 0.3) is 0 Å². The summed E-state index contributed by atoms with van der Waals surface area (Å²) in [6.07, 6.45) is 0. The van der Waals surface area contributed by atoms with Gasteiger partial charge in [0.15, 0.2) is 0 Å². The smallest absolute Gasteiger partial charge is 0.317 e. The predicted octanol–water partition coefficient (Wildman–Crippen LogP) is -0.542. The van der Waals surface area contributed by atoms with Crippen LogP contribution in [0.15, 0.2) is 6.07 Å². The van der Waals surface area contributed by atoms with Crippen molar-refractivity contribution in [2.75, 3.05) is 31.1 Å². The highest BCUT2D eigenvalue weighted by Gasteiger charge is 2.36. The number of fused-ring (bicyclic) bond motifs is 1. The molecule has 0 aliphatic carbocycles. The molecule has 1 atom stereocenters. The molecule has 2 fully saturated rings. The first-order valence-corrected chi connectivity index (χ1v) is 6.51. The van der Waals surface area contributed by atoms with Crippen LogP contribution in [0.25, 0.3) is 0 Å². The molecule has 2 aliphatic rings. The monoisotopic (exact) mass is 262 g/mol. The lowest BCUT2D eigenvalue weighted by Crippen LogP contribution is -2.52. The van der Waals surface area contributed by atoms with Crippen LogP contribution in [-0.2, 0) is 6.54 Å². The summed E-state index contributed by atoms with van der Waals surface area (Å²) in [6.45, 7) is 5.31. The van der Waals surface area contributed by atoms with Crippen molar-refractivity contribution in [3.63, 3.8) is 0 Å². The van der Waals surface area contributed by atoms with Crippen LogP contribution in [0.2, 0.25) is 0 Å². The summed E-state index contributed by atoms with van der Waals surface area (Å²) in [5.74, 6) is 0.722. The van der Waals surface area contributed by atoms with E-state index in [1.165, 1.54) is 0 Å². The summed E-state index contributed by atoms with van der Waals surface area (Å²) in [5, 5.41) is 2.87. The number of piperazine rings is 1. The van der Waals surface area contributed by atoms with Crippen molar-refractivity contribution in [3.05, 3.63) is 17.5 Å². The van der Waals surface area contributed by atoms with E-state index in [1.54, 1.807) is 0 Å². The topological polar surface area (TPSA) is 87.4 Å². The van der Waals surface area contributed by atoms with E-state index in [9.17, 15) is 4.79 Å². The molecule has 7 heteroatoms. The minimum atomic E-state index is 0.0393. The van der Waals surface area contributed by atoms with Crippen LogP contribution < -0.4 is 16.0 Å². The molecule has 7 nitrogen and oxygen atoms in total.